The van der Waals surface area contributed by atoms with Crippen LogP contribution in [0, 0.1) is 9.81 Å². The number of nitroso groups, excluding NO2 is 2. The first-order valence-electron chi connectivity index (χ1n) is 42.2. The van der Waals surface area contributed by atoms with E-state index in [1.807, 2.05) is 89.6 Å². The van der Waals surface area contributed by atoms with Gasteiger partial charge >= 0.3 is 6.03 Å². The van der Waals surface area contributed by atoms with Crippen LogP contribution < -0.4 is 25.8 Å². The first kappa shape index (κ1) is 108. The number of ether oxygens (including phenoxy) is 9. The fourth-order valence-corrected chi connectivity index (χ4v) is 18.9. The molecule has 3 atom stereocenters. The predicted molar refractivity (Wildman–Crippen MR) is 493 cm³/mol. The van der Waals surface area contributed by atoms with Gasteiger partial charge < -0.3 is 73.7 Å². The van der Waals surface area contributed by atoms with Crippen molar-refractivity contribution in [1.82, 2.24) is 34.8 Å². The van der Waals surface area contributed by atoms with Gasteiger partial charge in [0.05, 0.1) is 133 Å². The van der Waals surface area contributed by atoms with E-state index in [1.54, 1.807) is 54.6 Å². The number of carbonyl (C=O) groups is 2. The van der Waals surface area contributed by atoms with Gasteiger partial charge in [0.1, 0.15) is 5.78 Å². The molecule has 0 saturated carbocycles. The molecule has 0 radical (unpaired) electrons. The first-order chi connectivity index (χ1) is 60.1. The zero-order valence-corrected chi connectivity index (χ0v) is 79.2. The molecule has 3 aliphatic rings. The van der Waals surface area contributed by atoms with Crippen LogP contribution in [0.5, 0.6) is 0 Å². The summed E-state index contributed by atoms with van der Waals surface area (Å²) >= 11 is 38.2. The SMILES string of the molecule is CCNC(=O)NCCCCCC(=O)CCCOCCOCCOCCCS(=O)(=O)c1ccc(C2CN(C)Cc3c(Cl)cc(Cl)cc32)cc1.CCOCCOCCOCCNS(=O)(=O)c1ccc(C2CN(C)Cc3c(Cl)cc(Cl)cc32)cc1.CN1Cc2c(Cl)cc(Cl)cc2C(c2ccc(S(=O)(=O)NCCOCCOCCOCCN)cc2)C1.O=NCCCCN=O. The third-order valence-corrected chi connectivity index (χ3v) is 26.5. The number of sulfonamides is 2. The molecule has 125 heavy (non-hydrogen) atoms. The van der Waals surface area contributed by atoms with E-state index in [1.165, 1.54) is 0 Å². The minimum Gasteiger partial charge on any atom is -0.379 e. The summed E-state index contributed by atoms with van der Waals surface area (Å²) in [5.41, 5.74) is 14.8. The number of unbranched alkanes of at least 4 members (excludes halogenated alkanes) is 3. The highest BCUT2D eigenvalue weighted by Crippen LogP contribution is 2.42. The number of nitrogens with two attached hydrogens (primary N) is 1. The molecule has 0 saturated heterocycles. The van der Waals surface area contributed by atoms with Gasteiger partial charge in [0.15, 0.2) is 9.84 Å². The monoisotopic (exact) mass is 1920 g/mol. The summed E-state index contributed by atoms with van der Waals surface area (Å²) in [5.74, 6) is 0.389. The number of likely N-dealkylation sites (N-methyl/N-ethyl adjacent to an activating group) is 3. The number of rotatable bonds is 55. The summed E-state index contributed by atoms with van der Waals surface area (Å²) in [4.78, 5) is 49.4. The number of hydrogen-bond acceptors (Lipinski definition) is 25. The van der Waals surface area contributed by atoms with Crippen molar-refractivity contribution in [2.75, 3.05) is 211 Å². The molecule has 0 aliphatic carbocycles. The van der Waals surface area contributed by atoms with Crippen LogP contribution in [0.4, 0.5) is 4.79 Å². The Kier molecular flexibility index (Phi) is 52.3. The second kappa shape index (κ2) is 60.4. The van der Waals surface area contributed by atoms with Crippen LogP contribution in [0.25, 0.3) is 0 Å². The molecule has 38 heteroatoms. The molecule has 9 rings (SSSR count). The number of urea groups is 1. The molecule has 0 spiro atoms. The third-order valence-electron chi connectivity index (χ3n) is 20.0. The number of benzene rings is 6. The average molecular weight is 1920 g/mol. The lowest BCUT2D eigenvalue weighted by molar-refractivity contribution is -0.119. The maximum atomic E-state index is 12.9. The van der Waals surface area contributed by atoms with Crippen LogP contribution in [0.3, 0.4) is 0 Å². The Labute approximate surface area is 768 Å². The van der Waals surface area contributed by atoms with E-state index < -0.39 is 29.9 Å². The topological polar surface area (TPSA) is 362 Å². The Bertz CT molecular complexity index is 4540. The van der Waals surface area contributed by atoms with Gasteiger partial charge in [0.25, 0.3) is 0 Å². The molecule has 0 bridgehead atoms. The Morgan fingerprint density at radius 3 is 1.12 bits per heavy atom. The minimum absolute atomic E-state index is 0.000446. The lowest BCUT2D eigenvalue weighted by atomic mass is 9.85. The van der Waals surface area contributed by atoms with Gasteiger partial charge in [-0.15, -0.1) is 0 Å². The molecule has 3 aliphatic heterocycles. The van der Waals surface area contributed by atoms with Crippen molar-refractivity contribution in [3.05, 3.63) is 199 Å². The zero-order valence-electron chi connectivity index (χ0n) is 72.2. The van der Waals surface area contributed by atoms with E-state index in [2.05, 4.69) is 45.1 Å². The van der Waals surface area contributed by atoms with E-state index in [9.17, 15) is 44.7 Å². The van der Waals surface area contributed by atoms with Crippen molar-refractivity contribution in [2.45, 2.75) is 124 Å². The van der Waals surface area contributed by atoms with Gasteiger partial charge in [-0.3, -0.25) is 4.79 Å². The summed E-state index contributed by atoms with van der Waals surface area (Å²) in [7, 11) is -4.59. The number of hydrogen-bond donors (Lipinski definition) is 5. The standard InChI is InChI=1S/C35H51Cl2N3O7S.C24H33Cl2N3O5S.C24H32Cl2N2O5S.C4H8N2O2/c1-3-38-35(42)39-15-6-4-5-9-29(41)10-7-16-45-18-20-47-21-19-46-17-8-22-48(43,44)30-13-11-27(12-14-30)32-25-40(2)26-33-31(32)23-28(36)24-34(33)37;1-29-16-22(21-14-19(25)15-24(26)23(21)17-29)18-2-4-20(5-3-18)35(30,31)28-7-9-33-11-13-34-12-10-32-8-6-27;1-3-31-10-11-33-13-12-32-9-8-27-34(29,30)20-6-4-18(5-7-20)22-16-28(2)17-23-21(22)14-19(25)15-24(23)26;7-5-3-1-2-4-6-8/h11-14,23-24,32H,3-10,15-22,25-26H2,1-2H3,(H2,38,39,42);2-5,14-15,22,28H,6-13,16-17,27H2,1H3;4-7,14-15,22,27H,3,8-13,16-17H2,1-2H3;1-4H2. The number of nitrogens with zero attached hydrogens (tertiary/aromatic N) is 5. The van der Waals surface area contributed by atoms with E-state index in [4.69, 9.17) is 118 Å². The Hall–Kier alpha value is -5.55. The second-order valence-corrected chi connectivity index (χ2v) is 38.0. The van der Waals surface area contributed by atoms with Crippen molar-refractivity contribution >= 4 is 111 Å². The number of Topliss-reactive ketones (excluding diaryl/α,β-unsaturated/α-hetero) is 1. The number of amides is 2. The average Bonchev–Trinajstić information content (AvgIpc) is 0.783. The molecule has 3 unspecified atom stereocenters. The molecule has 0 aromatic heterocycles. The molecule has 2 amide bonds. The highest BCUT2D eigenvalue weighted by molar-refractivity contribution is 7.91. The molecule has 6 aromatic rings. The van der Waals surface area contributed by atoms with Crippen LogP contribution >= 0.6 is 69.6 Å². The zero-order chi connectivity index (χ0) is 90.8. The molecular weight excluding hydrogens is 1800 g/mol. The third kappa shape index (κ3) is 40.4. The number of fused-ring (bicyclic) bond motifs is 3. The molecule has 6 N–H and O–H groups in total. The molecule has 696 valence electrons. The second-order valence-electron chi connectivity index (χ2n) is 29.8. The van der Waals surface area contributed by atoms with Gasteiger partial charge in [0, 0.05) is 153 Å². The molecular formula is C87H124Cl6N10O19S3. The van der Waals surface area contributed by atoms with Crippen molar-refractivity contribution in [1.29, 1.82) is 0 Å². The summed E-state index contributed by atoms with van der Waals surface area (Å²) in [6, 6.07) is 32.0. The normalized spacial score (nSPS) is 15.3. The molecule has 0 fully saturated rings. The number of halogens is 6. The minimum atomic E-state index is -3.64. The smallest absolute Gasteiger partial charge is 0.314 e. The van der Waals surface area contributed by atoms with E-state index in [0.717, 1.165) is 109 Å². The largest absolute Gasteiger partial charge is 0.379 e. The fourth-order valence-electron chi connectivity index (χ4n) is 13.8. The Morgan fingerprint density at radius 2 is 0.752 bits per heavy atom. The van der Waals surface area contributed by atoms with Crippen LogP contribution in [0.2, 0.25) is 30.1 Å². The number of nitrogens with one attached hydrogen (secondary N) is 4. The van der Waals surface area contributed by atoms with Crippen LogP contribution in [-0.2, 0) is 96.9 Å². The lowest BCUT2D eigenvalue weighted by Gasteiger charge is -2.33. The van der Waals surface area contributed by atoms with E-state index in [0.29, 0.717) is 212 Å². The summed E-state index contributed by atoms with van der Waals surface area (Å²) < 4.78 is 130. The lowest BCUT2D eigenvalue weighted by Crippen LogP contribution is -2.35. The molecule has 29 nitrogen and oxygen atoms in total. The molecule has 3 heterocycles. The predicted octanol–water partition coefficient (Wildman–Crippen LogP) is 14.1. The van der Waals surface area contributed by atoms with Gasteiger partial charge in [-0.1, -0.05) is 123 Å². The fraction of sp³-hybridized carbons (Fsp3) is 0.563. The van der Waals surface area contributed by atoms with Gasteiger partial charge in [-0.25, -0.2) is 39.5 Å². The first-order valence-corrected chi connectivity index (χ1v) is 49.1. The van der Waals surface area contributed by atoms with Crippen molar-refractivity contribution in [2.24, 2.45) is 16.1 Å². The van der Waals surface area contributed by atoms with Gasteiger partial charge in [0.2, 0.25) is 20.0 Å². The maximum Gasteiger partial charge on any atom is 0.314 e. The Morgan fingerprint density at radius 1 is 0.408 bits per heavy atom. The number of sulfone groups is 1. The quantitative estimate of drug-likeness (QED) is 0.0175. The van der Waals surface area contributed by atoms with Crippen molar-refractivity contribution in [3.63, 3.8) is 0 Å². The van der Waals surface area contributed by atoms with Gasteiger partial charge in [-0.05, 0) is 196 Å². The summed E-state index contributed by atoms with van der Waals surface area (Å²) in [5, 5.41) is 14.4. The van der Waals surface area contributed by atoms with E-state index in [-0.39, 0.29) is 71.4 Å². The Balaban J connectivity index is 0.000000282. The van der Waals surface area contributed by atoms with Crippen molar-refractivity contribution < 1.29 is 77.5 Å². The van der Waals surface area contributed by atoms with E-state index >= 15 is 0 Å². The van der Waals surface area contributed by atoms with Crippen LogP contribution in [0.15, 0.2) is 134 Å². The summed E-state index contributed by atoms with van der Waals surface area (Å²) in [6.07, 6.45) is 6.09. The van der Waals surface area contributed by atoms with Gasteiger partial charge in [-0.2, -0.15) is 9.81 Å². The summed E-state index contributed by atoms with van der Waals surface area (Å²) in [6.45, 7) is 18.9. The number of ketones is 1. The maximum absolute atomic E-state index is 12.9. The highest BCUT2D eigenvalue weighted by atomic mass is 35.5. The highest BCUT2D eigenvalue weighted by Gasteiger charge is 2.32. The number of carbonyl (C=O) groups excluding carboxylic acids is 2. The molecule has 6 aromatic carbocycles. The van der Waals surface area contributed by atoms with Crippen molar-refractivity contribution in [3.8, 4) is 0 Å². The van der Waals surface area contributed by atoms with Crippen LogP contribution in [-0.4, -0.2) is 263 Å². The van der Waals surface area contributed by atoms with Crippen LogP contribution in [0.1, 0.15) is 139 Å².